The Kier molecular flexibility index (Phi) is 6.42. The van der Waals surface area contributed by atoms with Gasteiger partial charge in [-0.2, -0.15) is 0 Å². The first kappa shape index (κ1) is 16.9. The molecule has 1 heterocycles. The van der Waals surface area contributed by atoms with Gasteiger partial charge in [0.25, 0.3) is 0 Å². The van der Waals surface area contributed by atoms with Gasteiger partial charge in [-0.15, -0.1) is 0 Å². The van der Waals surface area contributed by atoms with Crippen molar-refractivity contribution in [1.29, 1.82) is 0 Å². The zero-order valence-electron chi connectivity index (χ0n) is 13.1. The molecule has 0 aromatic carbocycles. The lowest BCUT2D eigenvalue weighted by Gasteiger charge is -2.25. The fourth-order valence-electron chi connectivity index (χ4n) is 2.48. The van der Waals surface area contributed by atoms with Crippen LogP contribution < -0.4 is 10.6 Å². The Morgan fingerprint density at radius 2 is 2.05 bits per heavy atom. The van der Waals surface area contributed by atoms with Gasteiger partial charge in [-0.25, -0.2) is 0 Å². The highest BCUT2D eigenvalue weighted by atomic mass is 16.5. The molecule has 116 valence electrons. The van der Waals surface area contributed by atoms with E-state index < -0.39 is 0 Å². The van der Waals surface area contributed by atoms with E-state index in [1.807, 2.05) is 18.9 Å². The van der Waals surface area contributed by atoms with Crippen molar-refractivity contribution in [3.05, 3.63) is 0 Å². The molecule has 0 saturated carbocycles. The highest BCUT2D eigenvalue weighted by Gasteiger charge is 2.34. The third-order valence-electron chi connectivity index (χ3n) is 3.76. The Morgan fingerprint density at radius 1 is 1.40 bits per heavy atom. The quantitative estimate of drug-likeness (QED) is 0.671. The number of ether oxygens (including phenoxy) is 1. The van der Waals surface area contributed by atoms with Crippen molar-refractivity contribution in [2.75, 3.05) is 27.2 Å². The van der Waals surface area contributed by atoms with E-state index >= 15 is 0 Å². The van der Waals surface area contributed by atoms with Crippen LogP contribution in [0.15, 0.2) is 0 Å². The summed E-state index contributed by atoms with van der Waals surface area (Å²) in [6.45, 7) is 6.96. The summed E-state index contributed by atoms with van der Waals surface area (Å²) >= 11 is 0. The van der Waals surface area contributed by atoms with Crippen molar-refractivity contribution in [2.45, 2.75) is 45.4 Å². The van der Waals surface area contributed by atoms with Crippen LogP contribution in [0.5, 0.6) is 0 Å². The number of likely N-dealkylation sites (N-methyl/N-ethyl adjacent to an activating group) is 2. The van der Waals surface area contributed by atoms with Gasteiger partial charge >= 0.3 is 5.97 Å². The fourth-order valence-corrected chi connectivity index (χ4v) is 2.48. The van der Waals surface area contributed by atoms with Gasteiger partial charge in [0, 0.05) is 6.54 Å². The fraction of sp³-hybridized carbons (Fsp3) is 0.857. The SMILES string of the molecule is CNCC(=O)N[C@H](C)C(C)OC(=O)C1C[C@@H](C)CN1C. The summed E-state index contributed by atoms with van der Waals surface area (Å²) in [6.07, 6.45) is 0.496. The summed E-state index contributed by atoms with van der Waals surface area (Å²) in [5.41, 5.74) is 0. The van der Waals surface area contributed by atoms with E-state index in [0.717, 1.165) is 13.0 Å². The van der Waals surface area contributed by atoms with Crippen molar-refractivity contribution in [2.24, 2.45) is 5.92 Å². The Hall–Kier alpha value is -1.14. The van der Waals surface area contributed by atoms with Gasteiger partial charge in [0.2, 0.25) is 5.91 Å². The van der Waals surface area contributed by atoms with Crippen molar-refractivity contribution in [1.82, 2.24) is 15.5 Å². The highest BCUT2D eigenvalue weighted by Crippen LogP contribution is 2.22. The Labute approximate surface area is 121 Å². The summed E-state index contributed by atoms with van der Waals surface area (Å²) in [5, 5.41) is 5.59. The van der Waals surface area contributed by atoms with Crippen LogP contribution in [0.25, 0.3) is 0 Å². The van der Waals surface area contributed by atoms with Gasteiger partial charge < -0.3 is 15.4 Å². The van der Waals surface area contributed by atoms with Crippen LogP contribution >= 0.6 is 0 Å². The topological polar surface area (TPSA) is 70.7 Å². The number of hydrogen-bond donors (Lipinski definition) is 2. The second-order valence-corrected chi connectivity index (χ2v) is 5.82. The Morgan fingerprint density at radius 3 is 2.55 bits per heavy atom. The molecule has 4 atom stereocenters. The van der Waals surface area contributed by atoms with Gasteiger partial charge in [-0.05, 0) is 40.3 Å². The first-order valence-electron chi connectivity index (χ1n) is 7.19. The predicted octanol–water partition coefficient (Wildman–Crippen LogP) is -0.0176. The molecule has 1 rings (SSSR count). The lowest BCUT2D eigenvalue weighted by molar-refractivity contribution is -0.155. The Bertz CT molecular complexity index is 349. The number of nitrogens with one attached hydrogen (secondary N) is 2. The minimum absolute atomic E-state index is 0.102. The molecule has 0 bridgehead atoms. The van der Waals surface area contributed by atoms with E-state index in [0.29, 0.717) is 5.92 Å². The van der Waals surface area contributed by atoms with Crippen LogP contribution in [0, 0.1) is 5.92 Å². The van der Waals surface area contributed by atoms with E-state index in [2.05, 4.69) is 17.6 Å². The molecule has 0 radical (unpaired) electrons. The van der Waals surface area contributed by atoms with Crippen molar-refractivity contribution >= 4 is 11.9 Å². The minimum atomic E-state index is -0.340. The second-order valence-electron chi connectivity index (χ2n) is 5.82. The van der Waals surface area contributed by atoms with Crippen molar-refractivity contribution < 1.29 is 14.3 Å². The summed E-state index contributed by atoms with van der Waals surface area (Å²) in [6, 6.07) is -0.364. The normalized spacial score (nSPS) is 26.1. The van der Waals surface area contributed by atoms with E-state index in [1.165, 1.54) is 0 Å². The van der Waals surface area contributed by atoms with E-state index in [1.54, 1.807) is 14.0 Å². The molecule has 6 heteroatoms. The zero-order chi connectivity index (χ0) is 15.3. The largest absolute Gasteiger partial charge is 0.459 e. The smallest absolute Gasteiger partial charge is 0.323 e. The van der Waals surface area contributed by atoms with Crippen LogP contribution in [-0.4, -0.2) is 62.1 Å². The molecule has 20 heavy (non-hydrogen) atoms. The molecular weight excluding hydrogens is 258 g/mol. The first-order valence-corrected chi connectivity index (χ1v) is 7.19. The van der Waals surface area contributed by atoms with Gasteiger partial charge in [0.15, 0.2) is 0 Å². The molecule has 1 fully saturated rings. The maximum absolute atomic E-state index is 12.1. The molecule has 1 amide bonds. The summed E-state index contributed by atoms with van der Waals surface area (Å²) in [5.74, 6) is 0.217. The third kappa shape index (κ3) is 4.76. The van der Waals surface area contributed by atoms with Gasteiger partial charge in [-0.3, -0.25) is 14.5 Å². The maximum Gasteiger partial charge on any atom is 0.323 e. The van der Waals surface area contributed by atoms with Crippen LogP contribution in [0.3, 0.4) is 0 Å². The molecule has 2 N–H and O–H groups in total. The molecule has 0 aromatic heterocycles. The zero-order valence-corrected chi connectivity index (χ0v) is 13.1. The lowest BCUT2D eigenvalue weighted by Crippen LogP contribution is -2.46. The van der Waals surface area contributed by atoms with Gasteiger partial charge in [0.05, 0.1) is 12.6 Å². The number of carbonyl (C=O) groups is 2. The summed E-state index contributed by atoms with van der Waals surface area (Å²) in [4.78, 5) is 25.6. The first-order chi connectivity index (χ1) is 9.35. The number of likely N-dealkylation sites (tertiary alicyclic amines) is 1. The number of carbonyl (C=O) groups excluding carboxylic acids is 2. The molecule has 0 aliphatic carbocycles. The number of hydrogen-bond acceptors (Lipinski definition) is 5. The molecule has 6 nitrogen and oxygen atoms in total. The number of rotatable bonds is 6. The third-order valence-corrected chi connectivity index (χ3v) is 3.76. The van der Waals surface area contributed by atoms with Crippen LogP contribution in [-0.2, 0) is 14.3 Å². The van der Waals surface area contributed by atoms with Crippen LogP contribution in [0.2, 0.25) is 0 Å². The summed E-state index contributed by atoms with van der Waals surface area (Å²) < 4.78 is 5.48. The minimum Gasteiger partial charge on any atom is -0.459 e. The van der Waals surface area contributed by atoms with Gasteiger partial charge in [0.1, 0.15) is 12.1 Å². The van der Waals surface area contributed by atoms with E-state index in [4.69, 9.17) is 4.74 Å². The number of esters is 1. The van der Waals surface area contributed by atoms with E-state index in [9.17, 15) is 9.59 Å². The predicted molar refractivity (Wildman–Crippen MR) is 77.3 cm³/mol. The Balaban J connectivity index is 2.42. The van der Waals surface area contributed by atoms with Gasteiger partial charge in [-0.1, -0.05) is 6.92 Å². The second kappa shape index (κ2) is 7.59. The molecular formula is C14H27N3O3. The monoisotopic (exact) mass is 285 g/mol. The molecule has 1 saturated heterocycles. The average Bonchev–Trinajstić information content (AvgIpc) is 2.68. The van der Waals surface area contributed by atoms with Crippen LogP contribution in [0.1, 0.15) is 27.2 Å². The standard InChI is InChI=1S/C14H27N3O3/c1-9-6-12(17(5)8-9)14(19)20-11(3)10(2)16-13(18)7-15-4/h9-12,15H,6-8H2,1-5H3,(H,16,18)/t9-,10-,11?,12?/m1/s1. The maximum atomic E-state index is 12.1. The molecule has 1 aliphatic heterocycles. The molecule has 0 aromatic rings. The molecule has 2 unspecified atom stereocenters. The van der Waals surface area contributed by atoms with E-state index in [-0.39, 0.29) is 36.6 Å². The molecule has 1 aliphatic rings. The van der Waals surface area contributed by atoms with Crippen molar-refractivity contribution in [3.63, 3.8) is 0 Å². The average molecular weight is 285 g/mol. The highest BCUT2D eigenvalue weighted by molar-refractivity contribution is 5.78. The number of nitrogens with zero attached hydrogens (tertiary/aromatic N) is 1. The lowest BCUT2D eigenvalue weighted by atomic mass is 10.1. The van der Waals surface area contributed by atoms with Crippen molar-refractivity contribution in [3.8, 4) is 0 Å². The molecule has 0 spiro atoms. The number of amides is 1. The summed E-state index contributed by atoms with van der Waals surface area (Å²) in [7, 11) is 3.66. The van der Waals surface area contributed by atoms with Crippen LogP contribution in [0.4, 0.5) is 0 Å².